The molecule has 0 aliphatic carbocycles. The molecule has 2 nitrogen and oxygen atoms in total. The first-order valence-electron chi connectivity index (χ1n) is 7.29. The topological polar surface area (TPSA) is 15.3 Å². The summed E-state index contributed by atoms with van der Waals surface area (Å²) in [5, 5.41) is 4.37. The maximum Gasteiger partial charge on any atom is 0.0642 e. The van der Waals surface area contributed by atoms with Gasteiger partial charge in [0.05, 0.1) is 10.7 Å². The molecule has 1 heterocycles. The lowest BCUT2D eigenvalue weighted by Gasteiger charge is -2.40. The van der Waals surface area contributed by atoms with Crippen LogP contribution in [0, 0.1) is 0 Å². The third kappa shape index (κ3) is 4.06. The van der Waals surface area contributed by atoms with Crippen LogP contribution in [-0.4, -0.2) is 29.6 Å². The highest BCUT2D eigenvalue weighted by Gasteiger charge is 2.29. The second kappa shape index (κ2) is 6.59. The van der Waals surface area contributed by atoms with Crippen molar-refractivity contribution in [1.82, 2.24) is 5.32 Å². The molecular formula is C16H25ClN2S. The summed E-state index contributed by atoms with van der Waals surface area (Å²) in [6.07, 6.45) is 0. The molecule has 0 spiro atoms. The maximum absolute atomic E-state index is 6.49. The monoisotopic (exact) mass is 312 g/mol. The largest absolute Gasteiger partial charge is 0.368 e. The average Bonchev–Trinajstić information content (AvgIpc) is 2.35. The van der Waals surface area contributed by atoms with Crippen LogP contribution in [-0.2, 0) is 6.54 Å². The molecule has 0 atom stereocenters. The number of benzene rings is 1. The molecule has 20 heavy (non-hydrogen) atoms. The number of halogens is 1. The molecule has 0 amide bonds. The molecule has 112 valence electrons. The molecule has 4 heteroatoms. The lowest BCUT2D eigenvalue weighted by molar-refractivity contribution is 0.585. The number of nitrogens with zero attached hydrogens (tertiary/aromatic N) is 1. The zero-order valence-corrected chi connectivity index (χ0v) is 14.4. The third-order valence-corrected chi connectivity index (χ3v) is 5.12. The number of thioether (sulfide) groups is 1. The highest BCUT2D eigenvalue weighted by Crippen LogP contribution is 2.37. The van der Waals surface area contributed by atoms with Crippen LogP contribution in [0.15, 0.2) is 18.2 Å². The summed E-state index contributed by atoms with van der Waals surface area (Å²) < 4.78 is 0.292. The fourth-order valence-electron chi connectivity index (χ4n) is 2.58. The van der Waals surface area contributed by atoms with Crippen LogP contribution >= 0.6 is 23.4 Å². The van der Waals surface area contributed by atoms with E-state index in [-0.39, 0.29) is 0 Å². The van der Waals surface area contributed by atoms with Crippen molar-refractivity contribution < 1.29 is 0 Å². The molecule has 0 unspecified atom stereocenters. The van der Waals surface area contributed by atoms with Gasteiger partial charge in [0.1, 0.15) is 0 Å². The van der Waals surface area contributed by atoms with E-state index in [1.165, 1.54) is 11.3 Å². The van der Waals surface area contributed by atoms with Crippen LogP contribution in [0.25, 0.3) is 0 Å². The Labute approximate surface area is 132 Å². The molecule has 1 N–H and O–H groups in total. The quantitative estimate of drug-likeness (QED) is 0.898. The highest BCUT2D eigenvalue weighted by atomic mass is 35.5. The predicted octanol–water partition coefficient (Wildman–Crippen LogP) is 4.17. The van der Waals surface area contributed by atoms with Gasteiger partial charge in [0.2, 0.25) is 0 Å². The van der Waals surface area contributed by atoms with E-state index in [1.807, 2.05) is 23.9 Å². The number of hydrogen-bond donors (Lipinski definition) is 1. The van der Waals surface area contributed by atoms with Crippen LogP contribution in [0.3, 0.4) is 0 Å². The Bertz CT molecular complexity index is 460. The Hall–Kier alpha value is -0.380. The SMILES string of the molecule is CC(C)NCc1cccc(Cl)c1N1CCSC(C)(C)C1. The normalized spacial score (nSPS) is 18.6. The standard InChI is InChI=1S/C16H25ClN2S/c1-12(2)18-10-13-6-5-7-14(17)15(13)19-8-9-20-16(3,4)11-19/h5-7,12,18H,8-11H2,1-4H3. The molecule has 0 bridgehead atoms. The number of hydrogen-bond acceptors (Lipinski definition) is 3. The summed E-state index contributed by atoms with van der Waals surface area (Å²) in [5.74, 6) is 1.16. The summed E-state index contributed by atoms with van der Waals surface area (Å²) in [5.41, 5.74) is 2.52. The van der Waals surface area contributed by atoms with E-state index in [4.69, 9.17) is 11.6 Å². The van der Waals surface area contributed by atoms with Gasteiger partial charge in [-0.3, -0.25) is 0 Å². The summed E-state index contributed by atoms with van der Waals surface area (Å²) in [4.78, 5) is 2.45. The van der Waals surface area contributed by atoms with Gasteiger partial charge in [-0.2, -0.15) is 11.8 Å². The minimum Gasteiger partial charge on any atom is -0.368 e. The van der Waals surface area contributed by atoms with Crippen molar-refractivity contribution in [2.75, 3.05) is 23.7 Å². The summed E-state index contributed by atoms with van der Waals surface area (Å²) in [6, 6.07) is 6.72. The van der Waals surface area contributed by atoms with Crippen molar-refractivity contribution in [1.29, 1.82) is 0 Å². The molecule has 1 aliphatic heterocycles. The lowest BCUT2D eigenvalue weighted by Crippen LogP contribution is -2.43. The molecule has 1 aromatic rings. The van der Waals surface area contributed by atoms with Crippen LogP contribution in [0.2, 0.25) is 5.02 Å². The number of para-hydroxylation sites is 1. The lowest BCUT2D eigenvalue weighted by atomic mass is 10.1. The number of anilines is 1. The van der Waals surface area contributed by atoms with Gasteiger partial charge in [0.25, 0.3) is 0 Å². The molecule has 1 saturated heterocycles. The summed E-state index contributed by atoms with van der Waals surface area (Å²) in [6.45, 7) is 12.0. The maximum atomic E-state index is 6.49. The molecule has 1 aliphatic rings. The fraction of sp³-hybridized carbons (Fsp3) is 0.625. The van der Waals surface area contributed by atoms with E-state index in [2.05, 4.69) is 44.0 Å². The van der Waals surface area contributed by atoms with Crippen LogP contribution in [0.5, 0.6) is 0 Å². The van der Waals surface area contributed by atoms with Crippen molar-refractivity contribution in [2.24, 2.45) is 0 Å². The van der Waals surface area contributed by atoms with Crippen molar-refractivity contribution in [2.45, 2.75) is 45.0 Å². The van der Waals surface area contributed by atoms with Gasteiger partial charge in [-0.05, 0) is 25.5 Å². The Balaban J connectivity index is 2.25. The summed E-state index contributed by atoms with van der Waals surface area (Å²) in [7, 11) is 0. The first-order chi connectivity index (χ1) is 9.39. The second-order valence-electron chi connectivity index (χ2n) is 6.31. The highest BCUT2D eigenvalue weighted by molar-refractivity contribution is 8.00. The molecule has 2 rings (SSSR count). The zero-order valence-electron chi connectivity index (χ0n) is 12.9. The van der Waals surface area contributed by atoms with Gasteiger partial charge in [-0.15, -0.1) is 0 Å². The molecular weight excluding hydrogens is 288 g/mol. The summed E-state index contributed by atoms with van der Waals surface area (Å²) >= 11 is 8.54. The van der Waals surface area contributed by atoms with E-state index in [0.29, 0.717) is 10.8 Å². The molecule has 0 radical (unpaired) electrons. The van der Waals surface area contributed by atoms with Crippen molar-refractivity contribution in [3.05, 3.63) is 28.8 Å². The number of rotatable bonds is 4. The van der Waals surface area contributed by atoms with E-state index in [1.54, 1.807) is 0 Å². The van der Waals surface area contributed by atoms with Crippen molar-refractivity contribution in [3.63, 3.8) is 0 Å². The van der Waals surface area contributed by atoms with Crippen LogP contribution in [0.4, 0.5) is 5.69 Å². The van der Waals surface area contributed by atoms with E-state index in [9.17, 15) is 0 Å². The first-order valence-corrected chi connectivity index (χ1v) is 8.65. The Kier molecular flexibility index (Phi) is 5.27. The van der Waals surface area contributed by atoms with Gasteiger partial charge in [-0.25, -0.2) is 0 Å². The molecule has 1 fully saturated rings. The zero-order chi connectivity index (χ0) is 14.8. The molecule has 1 aromatic carbocycles. The first kappa shape index (κ1) is 16.0. The van der Waals surface area contributed by atoms with E-state index in [0.717, 1.165) is 30.4 Å². The Morgan fingerprint density at radius 2 is 2.15 bits per heavy atom. The van der Waals surface area contributed by atoms with E-state index < -0.39 is 0 Å². The second-order valence-corrected chi connectivity index (χ2v) is 8.52. The fourth-order valence-corrected chi connectivity index (χ4v) is 4.00. The predicted molar refractivity (Wildman–Crippen MR) is 92.2 cm³/mol. The Morgan fingerprint density at radius 3 is 2.80 bits per heavy atom. The molecule has 0 aromatic heterocycles. The van der Waals surface area contributed by atoms with Gasteiger partial charge < -0.3 is 10.2 Å². The number of nitrogens with one attached hydrogen (secondary N) is 1. The van der Waals surface area contributed by atoms with Gasteiger partial charge in [-0.1, -0.05) is 37.6 Å². The van der Waals surface area contributed by atoms with Crippen LogP contribution in [0.1, 0.15) is 33.3 Å². The third-order valence-electron chi connectivity index (χ3n) is 3.51. The van der Waals surface area contributed by atoms with Crippen LogP contribution < -0.4 is 10.2 Å². The molecule has 0 saturated carbocycles. The van der Waals surface area contributed by atoms with Gasteiger partial charge in [0, 0.05) is 36.2 Å². The van der Waals surface area contributed by atoms with Gasteiger partial charge in [0.15, 0.2) is 0 Å². The van der Waals surface area contributed by atoms with Gasteiger partial charge >= 0.3 is 0 Å². The Morgan fingerprint density at radius 1 is 1.40 bits per heavy atom. The average molecular weight is 313 g/mol. The minimum atomic E-state index is 0.292. The minimum absolute atomic E-state index is 0.292. The van der Waals surface area contributed by atoms with Crippen molar-refractivity contribution in [3.8, 4) is 0 Å². The smallest absolute Gasteiger partial charge is 0.0642 e. The van der Waals surface area contributed by atoms with E-state index >= 15 is 0 Å². The van der Waals surface area contributed by atoms with Crippen molar-refractivity contribution >= 4 is 29.1 Å².